The highest BCUT2D eigenvalue weighted by atomic mass is 35.5. The zero-order valence-corrected chi connectivity index (χ0v) is 13.0. The standard InChI is InChI=1S/C16H19ClN2O3/c17-13-2-1-3-14-12(13)8-9-19(14)16(22)18-11-6-4-10(5-7-11)15(20)21/h1-3,10-11H,4-9H2,(H,18,22)(H,20,21). The number of benzene rings is 1. The maximum atomic E-state index is 12.5. The van der Waals surface area contributed by atoms with Crippen LogP contribution in [0.1, 0.15) is 31.2 Å². The van der Waals surface area contributed by atoms with Crippen molar-refractivity contribution in [1.29, 1.82) is 0 Å². The molecule has 2 aliphatic rings. The molecule has 0 bridgehead atoms. The van der Waals surface area contributed by atoms with Crippen molar-refractivity contribution >= 4 is 29.3 Å². The van der Waals surface area contributed by atoms with E-state index in [1.165, 1.54) is 0 Å². The van der Waals surface area contributed by atoms with Crippen LogP contribution in [0.2, 0.25) is 5.02 Å². The molecule has 1 aliphatic heterocycles. The number of carboxylic acid groups (broad SMARTS) is 1. The van der Waals surface area contributed by atoms with Crippen LogP contribution in [0.15, 0.2) is 18.2 Å². The number of aliphatic carboxylic acids is 1. The number of rotatable bonds is 2. The summed E-state index contributed by atoms with van der Waals surface area (Å²) in [6.07, 6.45) is 3.47. The van der Waals surface area contributed by atoms with E-state index in [0.29, 0.717) is 24.4 Å². The molecule has 1 saturated carbocycles. The van der Waals surface area contributed by atoms with Crippen molar-refractivity contribution in [2.24, 2.45) is 5.92 Å². The number of fused-ring (bicyclic) bond motifs is 1. The number of carbonyl (C=O) groups is 2. The Labute approximate surface area is 134 Å². The highest BCUT2D eigenvalue weighted by Crippen LogP contribution is 2.33. The van der Waals surface area contributed by atoms with Gasteiger partial charge in [-0.05, 0) is 49.8 Å². The molecule has 0 unspecified atom stereocenters. The third kappa shape index (κ3) is 2.90. The summed E-state index contributed by atoms with van der Waals surface area (Å²) in [4.78, 5) is 25.1. The van der Waals surface area contributed by atoms with Crippen molar-refractivity contribution in [2.45, 2.75) is 38.1 Å². The fourth-order valence-corrected chi connectivity index (χ4v) is 3.60. The molecular weight excluding hydrogens is 304 g/mol. The van der Waals surface area contributed by atoms with E-state index in [2.05, 4.69) is 5.32 Å². The molecule has 1 aliphatic carbocycles. The van der Waals surface area contributed by atoms with E-state index in [1.54, 1.807) is 4.90 Å². The number of carboxylic acids is 1. The summed E-state index contributed by atoms with van der Waals surface area (Å²) in [6, 6.07) is 5.56. The van der Waals surface area contributed by atoms with Crippen LogP contribution in [0.3, 0.4) is 0 Å². The molecule has 5 nitrogen and oxygen atoms in total. The summed E-state index contributed by atoms with van der Waals surface area (Å²) < 4.78 is 0. The molecule has 1 aromatic carbocycles. The van der Waals surface area contributed by atoms with Crippen LogP contribution < -0.4 is 10.2 Å². The maximum Gasteiger partial charge on any atom is 0.322 e. The molecule has 3 rings (SSSR count). The van der Waals surface area contributed by atoms with Gasteiger partial charge in [0.05, 0.1) is 11.6 Å². The van der Waals surface area contributed by atoms with Gasteiger partial charge in [-0.25, -0.2) is 4.79 Å². The average Bonchev–Trinajstić information content (AvgIpc) is 2.93. The molecule has 1 heterocycles. The highest BCUT2D eigenvalue weighted by Gasteiger charge is 2.30. The fraction of sp³-hybridized carbons (Fsp3) is 0.500. The smallest absolute Gasteiger partial charge is 0.322 e. The minimum absolute atomic E-state index is 0.0614. The Kier molecular flexibility index (Phi) is 4.25. The van der Waals surface area contributed by atoms with Crippen LogP contribution in [-0.2, 0) is 11.2 Å². The minimum Gasteiger partial charge on any atom is -0.481 e. The third-order valence-corrected chi connectivity index (χ3v) is 4.97. The first-order valence-corrected chi connectivity index (χ1v) is 8.02. The fourth-order valence-electron chi connectivity index (χ4n) is 3.34. The number of nitrogens with one attached hydrogen (secondary N) is 1. The van der Waals surface area contributed by atoms with Crippen molar-refractivity contribution in [3.05, 3.63) is 28.8 Å². The van der Waals surface area contributed by atoms with Gasteiger partial charge in [-0.1, -0.05) is 17.7 Å². The molecule has 22 heavy (non-hydrogen) atoms. The number of amides is 2. The normalized spacial score (nSPS) is 24.0. The van der Waals surface area contributed by atoms with Gasteiger partial charge in [-0.3, -0.25) is 9.69 Å². The number of carbonyl (C=O) groups excluding carboxylic acids is 1. The van der Waals surface area contributed by atoms with Gasteiger partial charge in [0.25, 0.3) is 0 Å². The molecule has 118 valence electrons. The SMILES string of the molecule is O=C(O)C1CCC(NC(=O)N2CCc3c(Cl)cccc32)CC1. The second-order valence-electron chi connectivity index (χ2n) is 5.98. The Morgan fingerprint density at radius 3 is 2.64 bits per heavy atom. The number of halogens is 1. The summed E-state index contributed by atoms with van der Waals surface area (Å²) in [7, 11) is 0. The van der Waals surface area contributed by atoms with E-state index in [0.717, 1.165) is 30.5 Å². The van der Waals surface area contributed by atoms with Gasteiger partial charge in [0.1, 0.15) is 0 Å². The monoisotopic (exact) mass is 322 g/mol. The number of urea groups is 1. The predicted octanol–water partition coefficient (Wildman–Crippen LogP) is 3.06. The van der Waals surface area contributed by atoms with E-state index < -0.39 is 5.97 Å². The van der Waals surface area contributed by atoms with Crippen molar-refractivity contribution in [3.63, 3.8) is 0 Å². The van der Waals surface area contributed by atoms with Gasteiger partial charge in [-0.15, -0.1) is 0 Å². The first kappa shape index (κ1) is 15.2. The Morgan fingerprint density at radius 1 is 1.23 bits per heavy atom. The molecule has 0 spiro atoms. The van der Waals surface area contributed by atoms with Gasteiger partial charge in [0, 0.05) is 17.6 Å². The molecule has 0 aromatic heterocycles. The zero-order chi connectivity index (χ0) is 15.7. The summed E-state index contributed by atoms with van der Waals surface area (Å²) >= 11 is 6.16. The molecule has 1 fully saturated rings. The number of hydrogen-bond donors (Lipinski definition) is 2. The van der Waals surface area contributed by atoms with Gasteiger partial charge >= 0.3 is 12.0 Å². The van der Waals surface area contributed by atoms with Crippen molar-refractivity contribution in [3.8, 4) is 0 Å². The summed E-state index contributed by atoms with van der Waals surface area (Å²) in [5, 5.41) is 12.7. The van der Waals surface area contributed by atoms with Gasteiger partial charge in [-0.2, -0.15) is 0 Å². The Morgan fingerprint density at radius 2 is 1.95 bits per heavy atom. The number of anilines is 1. The lowest BCUT2D eigenvalue weighted by molar-refractivity contribution is -0.142. The summed E-state index contributed by atoms with van der Waals surface area (Å²) in [5.41, 5.74) is 1.90. The maximum absolute atomic E-state index is 12.5. The second-order valence-corrected chi connectivity index (χ2v) is 6.38. The molecule has 2 amide bonds. The van der Waals surface area contributed by atoms with Crippen molar-refractivity contribution in [1.82, 2.24) is 5.32 Å². The first-order valence-electron chi connectivity index (χ1n) is 7.64. The van der Waals surface area contributed by atoms with Crippen LogP contribution >= 0.6 is 11.6 Å². The van der Waals surface area contributed by atoms with Gasteiger partial charge in [0.15, 0.2) is 0 Å². The molecule has 2 N–H and O–H groups in total. The topological polar surface area (TPSA) is 69.6 Å². The molecule has 1 aromatic rings. The van der Waals surface area contributed by atoms with Gasteiger partial charge in [0.2, 0.25) is 0 Å². The van der Waals surface area contributed by atoms with Crippen LogP contribution in [0, 0.1) is 5.92 Å². The Hall–Kier alpha value is -1.75. The second kappa shape index (κ2) is 6.16. The minimum atomic E-state index is -0.729. The summed E-state index contributed by atoms with van der Waals surface area (Å²) in [6.45, 7) is 0.634. The number of nitrogens with zero attached hydrogens (tertiary/aromatic N) is 1. The van der Waals surface area contributed by atoms with E-state index in [-0.39, 0.29) is 18.0 Å². The predicted molar refractivity (Wildman–Crippen MR) is 84.4 cm³/mol. The summed E-state index contributed by atoms with van der Waals surface area (Å²) in [5.74, 6) is -0.993. The molecule has 6 heteroatoms. The number of hydrogen-bond acceptors (Lipinski definition) is 2. The van der Waals surface area contributed by atoms with Crippen LogP contribution in [0.25, 0.3) is 0 Å². The van der Waals surface area contributed by atoms with Crippen LogP contribution in [0.5, 0.6) is 0 Å². The van der Waals surface area contributed by atoms with E-state index in [9.17, 15) is 9.59 Å². The lowest BCUT2D eigenvalue weighted by atomic mass is 9.86. The largest absolute Gasteiger partial charge is 0.481 e. The lowest BCUT2D eigenvalue weighted by Gasteiger charge is -2.29. The molecule has 0 atom stereocenters. The highest BCUT2D eigenvalue weighted by molar-refractivity contribution is 6.32. The first-order chi connectivity index (χ1) is 10.6. The van der Waals surface area contributed by atoms with E-state index >= 15 is 0 Å². The third-order valence-electron chi connectivity index (χ3n) is 4.62. The van der Waals surface area contributed by atoms with Crippen molar-refractivity contribution < 1.29 is 14.7 Å². The Bertz CT molecular complexity index is 597. The quantitative estimate of drug-likeness (QED) is 0.879. The van der Waals surface area contributed by atoms with Crippen LogP contribution in [0.4, 0.5) is 10.5 Å². The molecule has 0 radical (unpaired) electrons. The molecule has 0 saturated heterocycles. The molecular formula is C16H19ClN2O3. The average molecular weight is 323 g/mol. The van der Waals surface area contributed by atoms with Gasteiger partial charge < -0.3 is 10.4 Å². The Balaban J connectivity index is 1.61. The van der Waals surface area contributed by atoms with E-state index in [1.807, 2.05) is 18.2 Å². The zero-order valence-electron chi connectivity index (χ0n) is 12.2. The van der Waals surface area contributed by atoms with Crippen LogP contribution in [-0.4, -0.2) is 29.7 Å². The van der Waals surface area contributed by atoms with Crippen molar-refractivity contribution in [2.75, 3.05) is 11.4 Å². The lowest BCUT2D eigenvalue weighted by Crippen LogP contribution is -2.46. The van der Waals surface area contributed by atoms with E-state index in [4.69, 9.17) is 16.7 Å².